The summed E-state index contributed by atoms with van der Waals surface area (Å²) in [6.07, 6.45) is 1.51. The van der Waals surface area contributed by atoms with E-state index in [1.54, 1.807) is 24.3 Å². The standard InChI is InChI=1S/C24H17Br2ClN2O2/c1-15-7-8-20(27)12-22(15)29-24(30)18(13-28)9-17-10-19(25)11-21(26)23(17)31-14-16-5-3-2-4-6-16/h2-12H,14H2,1H3,(H,29,30)/b18-9+. The van der Waals surface area contributed by atoms with Gasteiger partial charge in [0, 0.05) is 20.7 Å². The third kappa shape index (κ3) is 6.20. The summed E-state index contributed by atoms with van der Waals surface area (Å²) in [6, 6.07) is 20.5. The van der Waals surface area contributed by atoms with Crippen molar-refractivity contribution >= 4 is 61.1 Å². The molecule has 0 bridgehead atoms. The largest absolute Gasteiger partial charge is 0.487 e. The number of nitrogens with one attached hydrogen (secondary N) is 1. The van der Waals surface area contributed by atoms with Crippen LogP contribution in [0.5, 0.6) is 5.75 Å². The van der Waals surface area contributed by atoms with E-state index >= 15 is 0 Å². The van der Waals surface area contributed by atoms with Crippen LogP contribution in [0.15, 0.2) is 75.2 Å². The van der Waals surface area contributed by atoms with Gasteiger partial charge in [-0.3, -0.25) is 4.79 Å². The number of hydrogen-bond acceptors (Lipinski definition) is 3. The van der Waals surface area contributed by atoms with Gasteiger partial charge in [-0.15, -0.1) is 0 Å². The van der Waals surface area contributed by atoms with E-state index < -0.39 is 5.91 Å². The maximum Gasteiger partial charge on any atom is 0.266 e. The van der Waals surface area contributed by atoms with Crippen molar-refractivity contribution in [3.63, 3.8) is 0 Å². The van der Waals surface area contributed by atoms with Gasteiger partial charge in [-0.25, -0.2) is 0 Å². The first-order valence-electron chi connectivity index (χ1n) is 9.22. The van der Waals surface area contributed by atoms with E-state index in [1.165, 1.54) is 6.08 Å². The predicted molar refractivity (Wildman–Crippen MR) is 131 cm³/mol. The molecule has 0 fully saturated rings. The predicted octanol–water partition coefficient (Wildman–Crippen LogP) is 7.30. The fourth-order valence-corrected chi connectivity index (χ4v) is 4.34. The number of aryl methyl sites for hydroxylation is 1. The quantitative estimate of drug-likeness (QED) is 0.254. The van der Waals surface area contributed by atoms with Gasteiger partial charge in [0.1, 0.15) is 24.0 Å². The van der Waals surface area contributed by atoms with Crippen molar-refractivity contribution in [1.82, 2.24) is 0 Å². The molecule has 31 heavy (non-hydrogen) atoms. The second-order valence-electron chi connectivity index (χ2n) is 6.66. The molecule has 0 saturated carbocycles. The number of hydrogen-bond donors (Lipinski definition) is 1. The van der Waals surface area contributed by atoms with Crippen LogP contribution in [0.3, 0.4) is 0 Å². The lowest BCUT2D eigenvalue weighted by Crippen LogP contribution is -2.14. The molecule has 0 spiro atoms. The van der Waals surface area contributed by atoms with Gasteiger partial charge in [-0.05, 0) is 64.3 Å². The number of amides is 1. The second kappa shape index (κ2) is 10.6. The summed E-state index contributed by atoms with van der Waals surface area (Å²) in [6.45, 7) is 2.19. The average molecular weight is 561 g/mol. The fourth-order valence-electron chi connectivity index (χ4n) is 2.79. The average Bonchev–Trinajstić information content (AvgIpc) is 2.74. The van der Waals surface area contributed by atoms with E-state index in [2.05, 4.69) is 37.2 Å². The Hall–Kier alpha value is -2.59. The van der Waals surface area contributed by atoms with Crippen LogP contribution in [0, 0.1) is 18.3 Å². The summed E-state index contributed by atoms with van der Waals surface area (Å²) in [5.41, 5.74) is 2.92. The molecule has 0 unspecified atom stereocenters. The molecule has 1 N–H and O–H groups in total. The van der Waals surface area contributed by atoms with E-state index in [1.807, 2.05) is 49.4 Å². The minimum absolute atomic E-state index is 0.0612. The Morgan fingerprint density at radius 2 is 1.90 bits per heavy atom. The van der Waals surface area contributed by atoms with Gasteiger partial charge in [0.15, 0.2) is 0 Å². The number of rotatable bonds is 6. The van der Waals surface area contributed by atoms with Crippen LogP contribution in [0.25, 0.3) is 6.08 Å². The Bertz CT molecular complexity index is 1190. The molecule has 7 heteroatoms. The molecule has 1 amide bonds. The van der Waals surface area contributed by atoms with Crippen LogP contribution in [-0.2, 0) is 11.4 Å². The Kier molecular flexibility index (Phi) is 7.91. The molecule has 0 heterocycles. The van der Waals surface area contributed by atoms with Gasteiger partial charge in [0.05, 0.1) is 4.47 Å². The summed E-state index contributed by atoms with van der Waals surface area (Å²) < 4.78 is 7.50. The summed E-state index contributed by atoms with van der Waals surface area (Å²) in [7, 11) is 0. The van der Waals surface area contributed by atoms with Crippen LogP contribution in [0.1, 0.15) is 16.7 Å². The SMILES string of the molecule is Cc1ccc(Cl)cc1NC(=O)/C(C#N)=C/c1cc(Br)cc(Br)c1OCc1ccccc1. The first-order chi connectivity index (χ1) is 14.9. The van der Waals surface area contributed by atoms with E-state index in [0.717, 1.165) is 15.6 Å². The van der Waals surface area contributed by atoms with E-state index in [-0.39, 0.29) is 5.57 Å². The lowest BCUT2D eigenvalue weighted by molar-refractivity contribution is -0.112. The topological polar surface area (TPSA) is 62.1 Å². The van der Waals surface area contributed by atoms with Crippen molar-refractivity contribution in [2.45, 2.75) is 13.5 Å². The molecule has 0 atom stereocenters. The van der Waals surface area contributed by atoms with E-state index in [4.69, 9.17) is 16.3 Å². The molecule has 3 aromatic carbocycles. The molecule has 0 radical (unpaired) electrons. The third-order valence-electron chi connectivity index (χ3n) is 4.38. The Balaban J connectivity index is 1.91. The second-order valence-corrected chi connectivity index (χ2v) is 8.87. The van der Waals surface area contributed by atoms with E-state index in [9.17, 15) is 10.1 Å². The van der Waals surface area contributed by atoms with Gasteiger partial charge < -0.3 is 10.1 Å². The molecule has 3 aromatic rings. The van der Waals surface area contributed by atoms with Crippen molar-refractivity contribution < 1.29 is 9.53 Å². The maximum atomic E-state index is 12.8. The van der Waals surface area contributed by atoms with Crippen molar-refractivity contribution in [3.05, 3.63) is 96.9 Å². The first kappa shape index (κ1) is 23.1. The lowest BCUT2D eigenvalue weighted by Gasteiger charge is -2.13. The van der Waals surface area contributed by atoms with Crippen LogP contribution in [0.4, 0.5) is 5.69 Å². The van der Waals surface area contributed by atoms with E-state index in [0.29, 0.717) is 33.1 Å². The lowest BCUT2D eigenvalue weighted by atomic mass is 10.1. The molecule has 0 aliphatic carbocycles. The Morgan fingerprint density at radius 3 is 2.61 bits per heavy atom. The monoisotopic (exact) mass is 558 g/mol. The van der Waals surface area contributed by atoms with Crippen molar-refractivity contribution in [3.8, 4) is 11.8 Å². The molecule has 0 aliphatic rings. The zero-order valence-corrected chi connectivity index (χ0v) is 20.4. The number of halogens is 3. The Morgan fingerprint density at radius 1 is 1.16 bits per heavy atom. The van der Waals surface area contributed by atoms with Crippen LogP contribution >= 0.6 is 43.5 Å². The number of ether oxygens (including phenoxy) is 1. The summed E-state index contributed by atoms with van der Waals surface area (Å²) >= 11 is 13.0. The van der Waals surface area contributed by atoms with Crippen LogP contribution < -0.4 is 10.1 Å². The van der Waals surface area contributed by atoms with Crippen molar-refractivity contribution in [1.29, 1.82) is 5.26 Å². The third-order valence-corrected chi connectivity index (χ3v) is 5.66. The van der Waals surface area contributed by atoms with Gasteiger partial charge in [0.25, 0.3) is 5.91 Å². The Labute approximate surface area is 202 Å². The maximum absolute atomic E-state index is 12.8. The molecule has 0 saturated heterocycles. The summed E-state index contributed by atoms with van der Waals surface area (Å²) in [4.78, 5) is 12.8. The highest BCUT2D eigenvalue weighted by molar-refractivity contribution is 9.11. The number of nitriles is 1. The van der Waals surface area contributed by atoms with Crippen LogP contribution in [-0.4, -0.2) is 5.91 Å². The number of nitrogens with zero attached hydrogens (tertiary/aromatic N) is 1. The number of benzene rings is 3. The highest BCUT2D eigenvalue weighted by atomic mass is 79.9. The summed E-state index contributed by atoms with van der Waals surface area (Å²) in [5, 5.41) is 12.9. The zero-order chi connectivity index (χ0) is 22.4. The van der Waals surface area contributed by atoms with Crippen molar-refractivity contribution in [2.24, 2.45) is 0 Å². The zero-order valence-electron chi connectivity index (χ0n) is 16.5. The minimum atomic E-state index is -0.530. The van der Waals surface area contributed by atoms with Gasteiger partial charge in [-0.2, -0.15) is 5.26 Å². The minimum Gasteiger partial charge on any atom is -0.487 e. The van der Waals surface area contributed by atoms with Crippen LogP contribution in [0.2, 0.25) is 5.02 Å². The van der Waals surface area contributed by atoms with Crippen molar-refractivity contribution in [2.75, 3.05) is 5.32 Å². The molecule has 156 valence electrons. The molecule has 0 aliphatic heterocycles. The molecule has 3 rings (SSSR count). The number of carbonyl (C=O) groups is 1. The first-order valence-corrected chi connectivity index (χ1v) is 11.2. The summed E-state index contributed by atoms with van der Waals surface area (Å²) in [5.74, 6) is 0.00418. The normalized spacial score (nSPS) is 11.0. The number of anilines is 1. The highest BCUT2D eigenvalue weighted by Gasteiger charge is 2.15. The van der Waals surface area contributed by atoms with Gasteiger partial charge in [-0.1, -0.05) is 63.9 Å². The number of carbonyl (C=O) groups excluding carboxylic acids is 1. The molecular formula is C24H17Br2ClN2O2. The molecule has 0 aromatic heterocycles. The highest BCUT2D eigenvalue weighted by Crippen LogP contribution is 2.35. The van der Waals surface area contributed by atoms with Gasteiger partial charge in [0.2, 0.25) is 0 Å². The molecular weight excluding hydrogens is 544 g/mol. The van der Waals surface area contributed by atoms with Gasteiger partial charge >= 0.3 is 0 Å². The smallest absolute Gasteiger partial charge is 0.266 e. The molecule has 4 nitrogen and oxygen atoms in total. The fraction of sp³-hybridized carbons (Fsp3) is 0.0833.